The predicted octanol–water partition coefficient (Wildman–Crippen LogP) is 3.88. The lowest BCUT2D eigenvalue weighted by Gasteiger charge is -2.58. The summed E-state index contributed by atoms with van der Waals surface area (Å²) in [4.78, 5) is 40.1. The summed E-state index contributed by atoms with van der Waals surface area (Å²) < 4.78 is 5.45. The Bertz CT molecular complexity index is 829. The third-order valence-electron chi connectivity index (χ3n) is 9.70. The van der Waals surface area contributed by atoms with Gasteiger partial charge in [-0.05, 0) is 88.0 Å². The van der Waals surface area contributed by atoms with E-state index >= 15 is 0 Å². The fourth-order valence-corrected chi connectivity index (χ4v) is 7.95. The molecule has 1 aliphatic heterocycles. The van der Waals surface area contributed by atoms with Crippen molar-refractivity contribution >= 4 is 17.8 Å². The van der Waals surface area contributed by atoms with Crippen molar-refractivity contribution in [3.63, 3.8) is 0 Å². The molecule has 3 aliphatic carbocycles. The molecule has 7 heteroatoms. The molecule has 0 aromatic carbocycles. The van der Waals surface area contributed by atoms with Gasteiger partial charge in [-0.2, -0.15) is 0 Å². The van der Waals surface area contributed by atoms with Crippen molar-refractivity contribution < 1.29 is 19.1 Å². The number of amides is 4. The fraction of sp³-hybridized carbons (Fsp3) is 0.815. The highest BCUT2D eigenvalue weighted by Crippen LogP contribution is 2.65. The number of carbonyl (C=O) groups excluding carboxylic acids is 3. The lowest BCUT2D eigenvalue weighted by molar-refractivity contribution is -0.141. The summed E-state index contributed by atoms with van der Waals surface area (Å²) in [5.74, 6) is 1.50. The van der Waals surface area contributed by atoms with Crippen LogP contribution in [0.5, 0.6) is 0 Å². The van der Waals surface area contributed by atoms with E-state index in [0.717, 1.165) is 38.5 Å². The molecule has 1 heterocycles. The standard InChI is InChI=1S/C27H43N3O4/c1-5-28-25(33)30(16-7-17-34-6-2)24(32)21-10-9-19-18-8-11-22-27(4,15-13-23(31)29-22)20(18)12-14-26(19,21)3/h13,15,18-22H,5-12,14,16-17H2,1-4H3,(H,28,33)(H,29,31)/t18-,19-,20-,21+,22+,26-,27+/m0/s1. The number of hydrogen-bond acceptors (Lipinski definition) is 4. The molecule has 190 valence electrons. The number of carbonyl (C=O) groups is 3. The Morgan fingerprint density at radius 1 is 1.15 bits per heavy atom. The minimum atomic E-state index is -0.277. The van der Waals surface area contributed by atoms with E-state index in [9.17, 15) is 14.4 Å². The average Bonchev–Trinajstić information content (AvgIpc) is 3.16. The maximum atomic E-state index is 13.8. The van der Waals surface area contributed by atoms with Crippen LogP contribution in [0.3, 0.4) is 0 Å². The summed E-state index contributed by atoms with van der Waals surface area (Å²) >= 11 is 0. The average molecular weight is 474 g/mol. The summed E-state index contributed by atoms with van der Waals surface area (Å²) in [6, 6.07) is -0.0613. The molecule has 7 atom stereocenters. The molecule has 0 aromatic rings. The summed E-state index contributed by atoms with van der Waals surface area (Å²) in [6.45, 7) is 10.6. The minimum absolute atomic E-state index is 0.00405. The van der Waals surface area contributed by atoms with Gasteiger partial charge >= 0.3 is 6.03 Å². The number of nitrogens with one attached hydrogen (secondary N) is 2. The Morgan fingerprint density at radius 2 is 1.94 bits per heavy atom. The van der Waals surface area contributed by atoms with Crippen molar-refractivity contribution in [3.8, 4) is 0 Å². The number of hydrogen-bond donors (Lipinski definition) is 2. The van der Waals surface area contributed by atoms with Gasteiger partial charge in [-0.15, -0.1) is 0 Å². The molecule has 34 heavy (non-hydrogen) atoms. The maximum Gasteiger partial charge on any atom is 0.324 e. The van der Waals surface area contributed by atoms with E-state index in [1.54, 1.807) is 6.08 Å². The van der Waals surface area contributed by atoms with E-state index < -0.39 is 0 Å². The SMILES string of the molecule is CCNC(=O)N(CCCOCC)C(=O)[C@H]1CC[C@H]2[C@@H]3CC[C@H]4NC(=O)C=C[C@]4(C)[C@H]3CC[C@]12C. The van der Waals surface area contributed by atoms with E-state index in [2.05, 4.69) is 30.6 Å². The van der Waals surface area contributed by atoms with E-state index in [1.165, 1.54) is 4.90 Å². The summed E-state index contributed by atoms with van der Waals surface area (Å²) in [7, 11) is 0. The molecule has 4 amide bonds. The number of urea groups is 1. The third kappa shape index (κ3) is 4.29. The summed E-state index contributed by atoms with van der Waals surface area (Å²) in [5.41, 5.74) is -0.0830. The summed E-state index contributed by atoms with van der Waals surface area (Å²) in [6.07, 6.45) is 10.6. The molecule has 0 spiro atoms. The molecular formula is C27H43N3O4. The highest BCUT2D eigenvalue weighted by molar-refractivity contribution is 5.96. The van der Waals surface area contributed by atoms with Crippen LogP contribution in [0.2, 0.25) is 0 Å². The molecule has 7 nitrogen and oxygen atoms in total. The molecule has 0 unspecified atom stereocenters. The van der Waals surface area contributed by atoms with Gasteiger partial charge in [-0.25, -0.2) is 4.79 Å². The van der Waals surface area contributed by atoms with Gasteiger partial charge in [0.1, 0.15) is 0 Å². The second-order valence-corrected chi connectivity index (χ2v) is 11.3. The zero-order valence-corrected chi connectivity index (χ0v) is 21.4. The number of nitrogens with zero attached hydrogens (tertiary/aromatic N) is 1. The zero-order valence-electron chi connectivity index (χ0n) is 21.4. The Kier molecular flexibility index (Phi) is 7.41. The monoisotopic (exact) mass is 473 g/mol. The van der Waals surface area contributed by atoms with Crippen LogP contribution in [0.25, 0.3) is 0 Å². The van der Waals surface area contributed by atoms with Crippen LogP contribution in [-0.4, -0.2) is 55.1 Å². The first-order valence-corrected chi connectivity index (χ1v) is 13.4. The van der Waals surface area contributed by atoms with Gasteiger partial charge in [0, 0.05) is 43.7 Å². The Morgan fingerprint density at radius 3 is 2.68 bits per heavy atom. The minimum Gasteiger partial charge on any atom is -0.382 e. The Balaban J connectivity index is 1.52. The molecule has 2 N–H and O–H groups in total. The third-order valence-corrected chi connectivity index (χ3v) is 9.70. The van der Waals surface area contributed by atoms with Crippen molar-refractivity contribution in [1.29, 1.82) is 0 Å². The highest BCUT2D eigenvalue weighted by atomic mass is 16.5. The number of rotatable bonds is 7. The first-order valence-electron chi connectivity index (χ1n) is 13.4. The second-order valence-electron chi connectivity index (χ2n) is 11.3. The molecular weight excluding hydrogens is 430 g/mol. The molecule has 0 bridgehead atoms. The molecule has 3 saturated carbocycles. The first-order chi connectivity index (χ1) is 16.3. The molecule has 0 radical (unpaired) electrons. The summed E-state index contributed by atoms with van der Waals surface area (Å²) in [5, 5.41) is 6.06. The van der Waals surface area contributed by atoms with Crippen LogP contribution in [0, 0.1) is 34.5 Å². The van der Waals surface area contributed by atoms with Crippen molar-refractivity contribution in [2.45, 2.75) is 78.7 Å². The van der Waals surface area contributed by atoms with Gasteiger partial charge in [0.25, 0.3) is 0 Å². The van der Waals surface area contributed by atoms with Gasteiger partial charge in [-0.1, -0.05) is 19.9 Å². The van der Waals surface area contributed by atoms with E-state index in [4.69, 9.17) is 4.74 Å². The van der Waals surface area contributed by atoms with Crippen LogP contribution in [-0.2, 0) is 14.3 Å². The van der Waals surface area contributed by atoms with Crippen molar-refractivity contribution in [2.75, 3.05) is 26.3 Å². The fourth-order valence-electron chi connectivity index (χ4n) is 7.95. The van der Waals surface area contributed by atoms with Crippen LogP contribution in [0.15, 0.2) is 12.2 Å². The van der Waals surface area contributed by atoms with E-state index in [1.807, 2.05) is 13.8 Å². The second kappa shape index (κ2) is 10.00. The molecule has 0 saturated heterocycles. The molecule has 3 fully saturated rings. The van der Waals surface area contributed by atoms with Gasteiger partial charge in [0.05, 0.1) is 0 Å². The molecule has 4 aliphatic rings. The van der Waals surface area contributed by atoms with Gasteiger partial charge in [-0.3, -0.25) is 14.5 Å². The number of ether oxygens (including phenoxy) is 1. The van der Waals surface area contributed by atoms with Gasteiger partial charge < -0.3 is 15.4 Å². The van der Waals surface area contributed by atoms with E-state index in [0.29, 0.717) is 50.5 Å². The first kappa shape index (κ1) is 25.2. The van der Waals surface area contributed by atoms with Crippen molar-refractivity contribution in [3.05, 3.63) is 12.2 Å². The van der Waals surface area contributed by atoms with Crippen LogP contribution in [0.4, 0.5) is 4.79 Å². The largest absolute Gasteiger partial charge is 0.382 e. The molecule has 4 rings (SSSR count). The van der Waals surface area contributed by atoms with Gasteiger partial charge in [0.15, 0.2) is 0 Å². The van der Waals surface area contributed by atoms with E-state index in [-0.39, 0.29) is 40.6 Å². The predicted molar refractivity (Wildman–Crippen MR) is 131 cm³/mol. The van der Waals surface area contributed by atoms with Crippen LogP contribution >= 0.6 is 0 Å². The van der Waals surface area contributed by atoms with Crippen molar-refractivity contribution in [2.24, 2.45) is 34.5 Å². The smallest absolute Gasteiger partial charge is 0.324 e. The lowest BCUT2D eigenvalue weighted by atomic mass is 9.48. The van der Waals surface area contributed by atoms with Crippen LogP contribution in [0.1, 0.15) is 72.6 Å². The lowest BCUT2D eigenvalue weighted by Crippen LogP contribution is -2.59. The molecule has 0 aromatic heterocycles. The highest BCUT2D eigenvalue weighted by Gasteiger charge is 2.61. The van der Waals surface area contributed by atoms with Crippen molar-refractivity contribution in [1.82, 2.24) is 15.5 Å². The topological polar surface area (TPSA) is 87.7 Å². The number of fused-ring (bicyclic) bond motifs is 5. The Hall–Kier alpha value is -1.89. The normalized spacial score (nSPS) is 38.4. The quantitative estimate of drug-likeness (QED) is 0.549. The number of imide groups is 1. The Labute approximate surface area is 204 Å². The zero-order chi connectivity index (χ0) is 24.5. The van der Waals surface area contributed by atoms with Gasteiger partial charge in [0.2, 0.25) is 11.8 Å². The van der Waals surface area contributed by atoms with Crippen LogP contribution < -0.4 is 10.6 Å². The maximum absolute atomic E-state index is 13.8.